The number of nitrogens with zero attached hydrogens (tertiary/aromatic N) is 1. The lowest BCUT2D eigenvalue weighted by Gasteiger charge is -2.38. The van der Waals surface area contributed by atoms with E-state index in [0.717, 1.165) is 5.57 Å². The molecule has 0 aliphatic rings. The molecule has 0 radical (unpaired) electrons. The molecule has 0 N–H and O–H groups in total. The molecule has 0 bridgehead atoms. The molecule has 0 heterocycles. The quantitative estimate of drug-likeness (QED) is 0.335. The van der Waals surface area contributed by atoms with Crippen molar-refractivity contribution in [3.05, 3.63) is 42.0 Å². The topological polar surface area (TPSA) is 65.1 Å². The fourth-order valence-corrected chi connectivity index (χ4v) is 3.19. The summed E-state index contributed by atoms with van der Waals surface area (Å²) >= 11 is 0. The van der Waals surface area contributed by atoms with Gasteiger partial charge in [-0.2, -0.15) is 0 Å². The Hall–Kier alpha value is -2.12. The lowest BCUT2D eigenvalue weighted by molar-refractivity contribution is -0.147. The molecule has 6 nitrogen and oxygen atoms in total. The van der Waals surface area contributed by atoms with Crippen molar-refractivity contribution in [2.24, 2.45) is 0 Å². The van der Waals surface area contributed by atoms with Crippen molar-refractivity contribution in [3.63, 3.8) is 0 Å². The van der Waals surface area contributed by atoms with Crippen LogP contribution in [0.2, 0.25) is 18.1 Å². The number of carbonyl (C=O) groups is 2. The number of rotatable bonds is 8. The third-order valence-electron chi connectivity index (χ3n) is 5.14. The summed E-state index contributed by atoms with van der Waals surface area (Å²) < 4.78 is 16.7. The molecule has 1 aromatic rings. The predicted molar refractivity (Wildman–Crippen MR) is 118 cm³/mol. The minimum atomic E-state index is -2.13. The van der Waals surface area contributed by atoms with Crippen LogP contribution in [0, 0.1) is 0 Å². The third kappa shape index (κ3) is 7.66. The van der Waals surface area contributed by atoms with E-state index < -0.39 is 26.4 Å². The number of hydrogen-bond donors (Lipinski definition) is 0. The zero-order valence-electron chi connectivity index (χ0n) is 18.9. The van der Waals surface area contributed by atoms with Gasteiger partial charge in [-0.1, -0.05) is 50.6 Å². The number of allylic oxidation sites excluding steroid dienone is 1. The van der Waals surface area contributed by atoms with Crippen LogP contribution in [0.3, 0.4) is 0 Å². The first-order chi connectivity index (χ1) is 13.4. The van der Waals surface area contributed by atoms with Gasteiger partial charge in [0.15, 0.2) is 14.4 Å². The van der Waals surface area contributed by atoms with Gasteiger partial charge in [-0.3, -0.25) is 4.90 Å². The maximum Gasteiger partial charge on any atom is 0.416 e. The Morgan fingerprint density at radius 2 is 1.72 bits per heavy atom. The van der Waals surface area contributed by atoms with Crippen LogP contribution in [0.1, 0.15) is 34.6 Å². The fraction of sp³-hybridized carbons (Fsp3) is 0.545. The van der Waals surface area contributed by atoms with Gasteiger partial charge in [-0.25, -0.2) is 9.59 Å². The van der Waals surface area contributed by atoms with E-state index in [-0.39, 0.29) is 18.2 Å². The SMILES string of the molecule is COC(=O)C(CO[Si](C)(C)C(C)(C)C)N(CC=C(C)C)C(=O)Oc1ccccc1. The molecule has 1 rings (SSSR count). The summed E-state index contributed by atoms with van der Waals surface area (Å²) in [6.07, 6.45) is 1.25. The fourth-order valence-electron chi connectivity index (χ4n) is 2.18. The number of amides is 1. The number of hydrogen-bond acceptors (Lipinski definition) is 5. The van der Waals surface area contributed by atoms with Gasteiger partial charge in [0.1, 0.15) is 5.75 Å². The highest BCUT2D eigenvalue weighted by Crippen LogP contribution is 2.36. The van der Waals surface area contributed by atoms with Crippen molar-refractivity contribution in [2.75, 3.05) is 20.3 Å². The van der Waals surface area contributed by atoms with Gasteiger partial charge >= 0.3 is 12.1 Å². The van der Waals surface area contributed by atoms with Gasteiger partial charge in [0, 0.05) is 6.54 Å². The van der Waals surface area contributed by atoms with E-state index in [9.17, 15) is 9.59 Å². The first-order valence-corrected chi connectivity index (χ1v) is 12.7. The van der Waals surface area contributed by atoms with Crippen LogP contribution < -0.4 is 4.74 Å². The first kappa shape index (κ1) is 24.9. The second-order valence-corrected chi connectivity index (χ2v) is 13.5. The molecule has 0 spiro atoms. The molecule has 29 heavy (non-hydrogen) atoms. The van der Waals surface area contributed by atoms with Gasteiger partial charge in [0.05, 0.1) is 13.7 Å². The first-order valence-electron chi connectivity index (χ1n) is 9.77. The second kappa shape index (κ2) is 10.6. The van der Waals surface area contributed by atoms with E-state index in [2.05, 4.69) is 33.9 Å². The predicted octanol–water partition coefficient (Wildman–Crippen LogP) is 5.02. The third-order valence-corrected chi connectivity index (χ3v) is 9.64. The number of ether oxygens (including phenoxy) is 2. The van der Waals surface area contributed by atoms with Crippen molar-refractivity contribution in [2.45, 2.75) is 58.8 Å². The summed E-state index contributed by atoms with van der Waals surface area (Å²) in [7, 11) is -0.819. The molecular weight excluding hydrogens is 386 g/mol. The van der Waals surface area contributed by atoms with E-state index in [1.54, 1.807) is 24.3 Å². The molecule has 0 aromatic heterocycles. The summed E-state index contributed by atoms with van der Waals surface area (Å²) in [5, 5.41) is -0.0248. The van der Waals surface area contributed by atoms with Crippen molar-refractivity contribution in [3.8, 4) is 5.75 Å². The van der Waals surface area contributed by atoms with Crippen LogP contribution in [-0.2, 0) is 14.0 Å². The Morgan fingerprint density at radius 3 is 2.21 bits per heavy atom. The molecule has 0 fully saturated rings. The Labute approximate surface area is 176 Å². The molecule has 0 aliphatic heterocycles. The Bertz CT molecular complexity index is 706. The van der Waals surface area contributed by atoms with Gasteiger partial charge < -0.3 is 13.9 Å². The van der Waals surface area contributed by atoms with E-state index in [1.165, 1.54) is 12.0 Å². The molecule has 0 aliphatic carbocycles. The van der Waals surface area contributed by atoms with Crippen LogP contribution in [0.25, 0.3) is 0 Å². The second-order valence-electron chi connectivity index (χ2n) is 8.73. The largest absolute Gasteiger partial charge is 0.467 e. The highest BCUT2D eigenvalue weighted by Gasteiger charge is 2.40. The van der Waals surface area contributed by atoms with Crippen LogP contribution in [0.4, 0.5) is 4.79 Å². The highest BCUT2D eigenvalue weighted by atomic mass is 28.4. The highest BCUT2D eigenvalue weighted by molar-refractivity contribution is 6.74. The van der Waals surface area contributed by atoms with E-state index in [0.29, 0.717) is 5.75 Å². The molecular formula is C22H35NO5Si. The van der Waals surface area contributed by atoms with Crippen LogP contribution >= 0.6 is 0 Å². The standard InChI is InChI=1S/C22H35NO5Si/c1-17(2)14-15-23(21(25)28-18-12-10-9-11-13-18)19(20(24)26-6)16-27-29(7,8)22(3,4)5/h9-14,19H,15-16H2,1-8H3. The van der Waals surface area contributed by atoms with E-state index in [1.807, 2.05) is 26.0 Å². The van der Waals surface area contributed by atoms with E-state index >= 15 is 0 Å². The summed E-state index contributed by atoms with van der Waals surface area (Å²) in [6.45, 7) is 14.7. The molecule has 1 unspecified atom stereocenters. The normalized spacial score (nSPS) is 12.7. The Balaban J connectivity index is 3.14. The van der Waals surface area contributed by atoms with Gasteiger partial charge in [0.25, 0.3) is 0 Å². The molecule has 162 valence electrons. The number of methoxy groups -OCH3 is 1. The average molecular weight is 422 g/mol. The molecule has 1 amide bonds. The number of para-hydroxylation sites is 1. The minimum absolute atomic E-state index is 0.0248. The van der Waals surface area contributed by atoms with Gasteiger partial charge in [-0.05, 0) is 44.1 Å². The van der Waals surface area contributed by atoms with Crippen molar-refractivity contribution in [1.29, 1.82) is 0 Å². The molecule has 7 heteroatoms. The van der Waals surface area contributed by atoms with Crippen molar-refractivity contribution >= 4 is 20.4 Å². The number of esters is 1. The zero-order valence-corrected chi connectivity index (χ0v) is 19.9. The summed E-state index contributed by atoms with van der Waals surface area (Å²) in [4.78, 5) is 26.9. The maximum atomic E-state index is 12.9. The van der Waals surface area contributed by atoms with E-state index in [4.69, 9.17) is 13.9 Å². The maximum absolute atomic E-state index is 12.9. The van der Waals surface area contributed by atoms with Gasteiger partial charge in [0.2, 0.25) is 0 Å². The summed E-state index contributed by atoms with van der Waals surface area (Å²) in [5.41, 5.74) is 1.02. The average Bonchev–Trinajstić information content (AvgIpc) is 2.63. The summed E-state index contributed by atoms with van der Waals surface area (Å²) in [6, 6.07) is 7.87. The molecule has 1 atom stereocenters. The number of benzene rings is 1. The minimum Gasteiger partial charge on any atom is -0.467 e. The van der Waals surface area contributed by atoms with Gasteiger partial charge in [-0.15, -0.1) is 0 Å². The lowest BCUT2D eigenvalue weighted by atomic mass is 10.2. The molecule has 0 saturated carbocycles. The van der Waals surface area contributed by atoms with Crippen molar-refractivity contribution in [1.82, 2.24) is 4.90 Å². The Morgan fingerprint density at radius 1 is 1.14 bits per heavy atom. The smallest absolute Gasteiger partial charge is 0.416 e. The molecule has 0 saturated heterocycles. The summed E-state index contributed by atoms with van der Waals surface area (Å²) in [5.74, 6) is -0.121. The zero-order chi connectivity index (χ0) is 22.2. The van der Waals surface area contributed by atoms with Crippen LogP contribution in [0.5, 0.6) is 5.75 Å². The molecule has 1 aromatic carbocycles. The van der Waals surface area contributed by atoms with Crippen LogP contribution in [-0.4, -0.2) is 51.6 Å². The van der Waals surface area contributed by atoms with Crippen LogP contribution in [0.15, 0.2) is 42.0 Å². The lowest BCUT2D eigenvalue weighted by Crippen LogP contribution is -2.52. The number of carbonyl (C=O) groups excluding carboxylic acids is 2. The monoisotopic (exact) mass is 421 g/mol. The van der Waals surface area contributed by atoms with Crippen molar-refractivity contribution < 1.29 is 23.5 Å². The Kier molecular flexibility index (Phi) is 9.10.